The maximum Gasteiger partial charge on any atom is 0.267 e. The van der Waals surface area contributed by atoms with Gasteiger partial charge in [-0.3, -0.25) is 14.6 Å². The van der Waals surface area contributed by atoms with Gasteiger partial charge in [-0.15, -0.1) is 0 Å². The van der Waals surface area contributed by atoms with Crippen molar-refractivity contribution in [2.24, 2.45) is 5.73 Å². The number of anilines is 1. The Kier molecular flexibility index (Phi) is 4.79. The summed E-state index contributed by atoms with van der Waals surface area (Å²) in [5.41, 5.74) is 2.82. The first-order valence-corrected chi connectivity index (χ1v) is 11.1. The van der Waals surface area contributed by atoms with E-state index in [0.29, 0.717) is 0 Å². The van der Waals surface area contributed by atoms with Gasteiger partial charge in [-0.05, 0) is 30.3 Å². The van der Waals surface area contributed by atoms with Gasteiger partial charge < -0.3 is 10.1 Å². The Hall–Kier alpha value is -4.39. The second-order valence-corrected chi connectivity index (χ2v) is 8.86. The van der Waals surface area contributed by atoms with Gasteiger partial charge in [0, 0.05) is 29.5 Å². The van der Waals surface area contributed by atoms with Gasteiger partial charge in [0.1, 0.15) is 21.9 Å². The van der Waals surface area contributed by atoms with E-state index in [1.54, 1.807) is 6.20 Å². The summed E-state index contributed by atoms with van der Waals surface area (Å²) < 4.78 is 74.6. The zero-order chi connectivity index (χ0) is 24.2. The van der Waals surface area contributed by atoms with Crippen LogP contribution in [0.25, 0.3) is 27.7 Å². The third kappa shape index (κ3) is 3.25. The van der Waals surface area contributed by atoms with Gasteiger partial charge in [-0.1, -0.05) is 6.07 Å². The van der Waals surface area contributed by atoms with Crippen molar-refractivity contribution in [2.45, 2.75) is 4.90 Å². The molecular weight excluding hydrogens is 473 g/mol. The SMILES string of the molecule is NC(=O)c1[nH]nc2c(F)c(-c3c(F)ccc(NS(=O)(=O)c4cccn5ccnc45)c3F)ccc12. The van der Waals surface area contributed by atoms with Crippen molar-refractivity contribution in [2.75, 3.05) is 4.72 Å². The normalized spacial score (nSPS) is 11.9. The van der Waals surface area contributed by atoms with Gasteiger partial charge in [-0.25, -0.2) is 26.6 Å². The van der Waals surface area contributed by atoms with E-state index in [4.69, 9.17) is 5.73 Å². The molecule has 0 atom stereocenters. The van der Waals surface area contributed by atoms with E-state index in [-0.39, 0.29) is 27.1 Å². The summed E-state index contributed by atoms with van der Waals surface area (Å²) in [6.45, 7) is 0. The molecule has 3 aromatic heterocycles. The van der Waals surface area contributed by atoms with E-state index in [1.165, 1.54) is 35.0 Å². The van der Waals surface area contributed by atoms with Crippen LogP contribution in [0.3, 0.4) is 0 Å². The van der Waals surface area contributed by atoms with Crippen LogP contribution in [0.5, 0.6) is 0 Å². The lowest BCUT2D eigenvalue weighted by atomic mass is 10.0. The largest absolute Gasteiger partial charge is 0.364 e. The molecule has 0 fully saturated rings. The number of hydrogen-bond donors (Lipinski definition) is 3. The number of carbonyl (C=O) groups is 1. The molecule has 0 saturated heterocycles. The number of imidazole rings is 1. The Morgan fingerprint density at radius 3 is 2.62 bits per heavy atom. The molecule has 0 saturated carbocycles. The zero-order valence-corrected chi connectivity index (χ0v) is 17.7. The molecule has 5 rings (SSSR count). The van der Waals surface area contributed by atoms with Crippen LogP contribution >= 0.6 is 0 Å². The molecular formula is C21H13F3N6O3S. The molecule has 0 aliphatic carbocycles. The monoisotopic (exact) mass is 486 g/mol. The summed E-state index contributed by atoms with van der Waals surface area (Å²) in [6.07, 6.45) is 4.50. The zero-order valence-electron chi connectivity index (χ0n) is 16.9. The number of aromatic amines is 1. The number of H-pyrrole nitrogens is 1. The van der Waals surface area contributed by atoms with Crippen molar-refractivity contribution >= 4 is 38.2 Å². The standard InChI is InChI=1S/C21H13F3N6O3S/c22-12-5-6-13(29-34(32,33)14-2-1-8-30-9-7-26-21(14)30)17(24)15(12)10-3-4-11-18(16(10)23)27-28-19(11)20(25)31/h1-9,29H,(H2,25,31)(H,27,28). The fourth-order valence-corrected chi connectivity index (χ4v) is 4.85. The lowest BCUT2D eigenvalue weighted by Crippen LogP contribution is -2.16. The number of nitrogens with one attached hydrogen (secondary N) is 2. The highest BCUT2D eigenvalue weighted by molar-refractivity contribution is 7.93. The molecule has 9 nitrogen and oxygen atoms in total. The molecule has 34 heavy (non-hydrogen) atoms. The molecule has 0 bridgehead atoms. The highest BCUT2D eigenvalue weighted by atomic mass is 32.2. The minimum absolute atomic E-state index is 0.0271. The van der Waals surface area contributed by atoms with Crippen molar-refractivity contribution in [1.82, 2.24) is 19.6 Å². The third-order valence-corrected chi connectivity index (χ3v) is 6.58. The summed E-state index contributed by atoms with van der Waals surface area (Å²) in [5.74, 6) is -4.50. The average molecular weight is 486 g/mol. The highest BCUT2D eigenvalue weighted by Gasteiger charge is 2.26. The summed E-state index contributed by atoms with van der Waals surface area (Å²) in [7, 11) is -4.35. The van der Waals surface area contributed by atoms with Crippen molar-refractivity contribution < 1.29 is 26.4 Å². The van der Waals surface area contributed by atoms with Gasteiger partial charge in [0.15, 0.2) is 17.3 Å². The molecule has 5 aromatic rings. The Morgan fingerprint density at radius 2 is 1.85 bits per heavy atom. The summed E-state index contributed by atoms with van der Waals surface area (Å²) in [6, 6.07) is 6.69. The van der Waals surface area contributed by atoms with Gasteiger partial charge >= 0.3 is 0 Å². The van der Waals surface area contributed by atoms with Crippen LogP contribution in [-0.4, -0.2) is 33.9 Å². The Morgan fingerprint density at radius 1 is 1.06 bits per heavy atom. The van der Waals surface area contributed by atoms with E-state index < -0.39 is 50.2 Å². The van der Waals surface area contributed by atoms with E-state index in [9.17, 15) is 17.6 Å². The summed E-state index contributed by atoms with van der Waals surface area (Å²) in [5, 5.41) is 5.97. The molecule has 0 aliphatic heterocycles. The number of halogens is 3. The lowest BCUT2D eigenvalue weighted by Gasteiger charge is -2.13. The molecule has 0 unspecified atom stereocenters. The van der Waals surface area contributed by atoms with E-state index in [1.807, 2.05) is 0 Å². The van der Waals surface area contributed by atoms with Crippen LogP contribution in [0.4, 0.5) is 18.9 Å². The minimum atomic E-state index is -4.35. The van der Waals surface area contributed by atoms with Gasteiger partial charge in [0.25, 0.3) is 15.9 Å². The van der Waals surface area contributed by atoms with Crippen LogP contribution in [0, 0.1) is 17.5 Å². The first-order valence-electron chi connectivity index (χ1n) is 9.58. The van der Waals surface area contributed by atoms with Crippen molar-refractivity contribution in [3.63, 3.8) is 0 Å². The maximum absolute atomic E-state index is 15.4. The first-order chi connectivity index (χ1) is 16.2. The molecule has 3 heterocycles. The molecule has 13 heteroatoms. The number of nitrogens with two attached hydrogens (primary N) is 1. The van der Waals surface area contributed by atoms with Crippen LogP contribution in [0.15, 0.2) is 59.9 Å². The fourth-order valence-electron chi connectivity index (χ4n) is 3.64. The summed E-state index contributed by atoms with van der Waals surface area (Å²) in [4.78, 5) is 15.2. The Bertz CT molecular complexity index is 1730. The van der Waals surface area contributed by atoms with Gasteiger partial charge in [0.05, 0.1) is 11.3 Å². The highest BCUT2D eigenvalue weighted by Crippen LogP contribution is 2.36. The van der Waals surface area contributed by atoms with E-state index >= 15 is 8.78 Å². The molecule has 2 aromatic carbocycles. The number of rotatable bonds is 5. The van der Waals surface area contributed by atoms with E-state index in [2.05, 4.69) is 19.9 Å². The van der Waals surface area contributed by atoms with Gasteiger partial charge in [0.2, 0.25) is 0 Å². The number of sulfonamides is 1. The van der Waals surface area contributed by atoms with Crippen LogP contribution < -0.4 is 10.5 Å². The minimum Gasteiger partial charge on any atom is -0.364 e. The van der Waals surface area contributed by atoms with Crippen molar-refractivity contribution in [3.8, 4) is 11.1 Å². The second-order valence-electron chi connectivity index (χ2n) is 7.21. The van der Waals surface area contributed by atoms with Crippen LogP contribution in [0.1, 0.15) is 10.5 Å². The Balaban J connectivity index is 1.62. The smallest absolute Gasteiger partial charge is 0.267 e. The fraction of sp³-hybridized carbons (Fsp3) is 0. The van der Waals surface area contributed by atoms with Crippen molar-refractivity contribution in [1.29, 1.82) is 0 Å². The predicted octanol–water partition coefficient (Wildman–Crippen LogP) is 3.19. The number of amides is 1. The first kappa shape index (κ1) is 21.5. The molecule has 4 N–H and O–H groups in total. The second kappa shape index (κ2) is 7.59. The number of benzene rings is 2. The molecule has 172 valence electrons. The number of hydrogen-bond acceptors (Lipinski definition) is 5. The summed E-state index contributed by atoms with van der Waals surface area (Å²) >= 11 is 0. The number of fused-ring (bicyclic) bond motifs is 2. The Labute approximate surface area is 189 Å². The van der Waals surface area contributed by atoms with E-state index in [0.717, 1.165) is 18.2 Å². The predicted molar refractivity (Wildman–Crippen MR) is 116 cm³/mol. The average Bonchev–Trinajstić information content (AvgIpc) is 3.44. The molecule has 1 amide bonds. The number of nitrogens with zero attached hydrogens (tertiary/aromatic N) is 3. The molecule has 0 aliphatic rings. The van der Waals surface area contributed by atoms with Crippen molar-refractivity contribution in [3.05, 3.63) is 78.1 Å². The lowest BCUT2D eigenvalue weighted by molar-refractivity contribution is 0.0997. The quantitative estimate of drug-likeness (QED) is 0.351. The topological polar surface area (TPSA) is 135 Å². The molecule has 0 radical (unpaired) electrons. The number of primary amides is 1. The number of carbonyl (C=O) groups excluding carboxylic acids is 1. The number of aromatic nitrogens is 4. The van der Waals surface area contributed by atoms with Gasteiger partial charge in [-0.2, -0.15) is 5.10 Å². The third-order valence-electron chi connectivity index (χ3n) is 5.19. The van der Waals surface area contributed by atoms with Crippen LogP contribution in [0.2, 0.25) is 0 Å². The number of pyridine rings is 1. The van der Waals surface area contributed by atoms with Crippen LogP contribution in [-0.2, 0) is 10.0 Å². The molecule has 0 spiro atoms. The maximum atomic E-state index is 15.4.